The van der Waals surface area contributed by atoms with Gasteiger partial charge in [-0.25, -0.2) is 0 Å². The Morgan fingerprint density at radius 3 is 1.44 bits per heavy atom. The molecule has 200 valence electrons. The molecule has 0 amide bonds. The van der Waals surface area contributed by atoms with Crippen LogP contribution in [0.25, 0.3) is 27.4 Å². The van der Waals surface area contributed by atoms with E-state index in [1.165, 1.54) is 64.0 Å². The zero-order valence-corrected chi connectivity index (χ0v) is 28.2. The van der Waals surface area contributed by atoms with E-state index in [2.05, 4.69) is 123 Å². The van der Waals surface area contributed by atoms with E-state index >= 15 is 0 Å². The van der Waals surface area contributed by atoms with Gasteiger partial charge in [-0.3, -0.25) is 0 Å². The second kappa shape index (κ2) is 11.4. The summed E-state index contributed by atoms with van der Waals surface area (Å²) >= 11 is 2.63. The Morgan fingerprint density at radius 2 is 1.02 bits per heavy atom. The van der Waals surface area contributed by atoms with Crippen LogP contribution in [0.1, 0.15) is 43.8 Å². The molecule has 2 heterocycles. The average molecular weight is 685 g/mol. The molecule has 41 heavy (non-hydrogen) atoms. The van der Waals surface area contributed by atoms with Crippen LogP contribution in [0.4, 0.5) is 0 Å². The van der Waals surface area contributed by atoms with Crippen LogP contribution < -0.4 is 24.8 Å². The van der Waals surface area contributed by atoms with Gasteiger partial charge in [-0.2, -0.15) is 0 Å². The minimum absolute atomic E-state index is 0. The van der Waals surface area contributed by atoms with Crippen molar-refractivity contribution >= 4 is 29.2 Å². The van der Waals surface area contributed by atoms with E-state index in [4.69, 9.17) is 0 Å². The van der Waals surface area contributed by atoms with Gasteiger partial charge in [0.1, 0.15) is 0 Å². The molecule has 8 rings (SSSR count). The summed E-state index contributed by atoms with van der Waals surface area (Å²) < 4.78 is 3.32. The molecule has 0 spiro atoms. The SMILES string of the molecule is Cc1ccc(-c2cccc3c2[C]([Zr+2][C]2=C4C=CC=CC4c4cccc(-c5ccc(C)s5)c42)=C2C=CC=CC23)s1.[Cl-].[Cl-]. The molecule has 0 N–H and O–H groups in total. The fraction of sp³-hybridized carbons (Fsp3) is 0.111. The molecule has 2 unspecified atom stereocenters. The summed E-state index contributed by atoms with van der Waals surface area (Å²) in [5.74, 6) is 0.752. The Kier molecular flexibility index (Phi) is 8.05. The number of halogens is 2. The van der Waals surface area contributed by atoms with Crippen molar-refractivity contribution < 1.29 is 48.0 Å². The maximum absolute atomic E-state index is 2.41. The number of thiophene rings is 2. The van der Waals surface area contributed by atoms with E-state index in [0.29, 0.717) is 11.8 Å². The van der Waals surface area contributed by atoms with Crippen molar-refractivity contribution in [1.29, 1.82) is 0 Å². The van der Waals surface area contributed by atoms with E-state index in [1.807, 2.05) is 22.7 Å². The maximum atomic E-state index is 2.41. The van der Waals surface area contributed by atoms with Gasteiger partial charge in [0, 0.05) is 0 Å². The Bertz CT molecular complexity index is 1740. The normalized spacial score (nSPS) is 18.9. The Labute approximate surface area is 274 Å². The van der Waals surface area contributed by atoms with Crippen molar-refractivity contribution in [2.24, 2.45) is 0 Å². The zero-order valence-electron chi connectivity index (χ0n) is 22.6. The minimum Gasteiger partial charge on any atom is -1.00 e. The summed E-state index contributed by atoms with van der Waals surface area (Å²) in [6, 6.07) is 23.2. The smallest absolute Gasteiger partial charge is 1.00 e. The predicted octanol–water partition coefficient (Wildman–Crippen LogP) is 4.42. The fourth-order valence-corrected chi connectivity index (χ4v) is 12.9. The number of hydrogen-bond donors (Lipinski definition) is 0. The third-order valence-corrected chi connectivity index (χ3v) is 14.2. The van der Waals surface area contributed by atoms with Crippen LogP contribution in [0, 0.1) is 13.8 Å². The average Bonchev–Trinajstić information content (AvgIpc) is 3.74. The molecule has 0 fully saturated rings. The quantitative estimate of drug-likeness (QED) is 0.299. The fourth-order valence-electron chi connectivity index (χ4n) is 6.57. The third kappa shape index (κ3) is 4.66. The first-order valence-corrected chi connectivity index (χ1v) is 17.6. The first-order chi connectivity index (χ1) is 19.2. The summed E-state index contributed by atoms with van der Waals surface area (Å²) in [4.78, 5) is 5.54. The standard InChI is InChI=1S/2C18H13S.2ClH.Zr/c2*1-12-9-10-18(19-12)16-8-4-7-15-14-6-3-2-5-13(14)11-17(15)16;;;/h2*2-10,14H,1H3;2*1H;/q;;;;+2/p-2. The van der Waals surface area contributed by atoms with Crippen molar-refractivity contribution in [2.75, 3.05) is 0 Å². The number of rotatable bonds is 4. The van der Waals surface area contributed by atoms with Gasteiger partial charge in [0.25, 0.3) is 0 Å². The molecule has 0 radical (unpaired) electrons. The first-order valence-electron chi connectivity index (χ1n) is 13.5. The molecule has 0 saturated carbocycles. The van der Waals surface area contributed by atoms with Crippen molar-refractivity contribution in [3.8, 4) is 20.9 Å². The Balaban J connectivity index is 0.00000151. The number of aryl methyl sites for hydroxylation is 2. The summed E-state index contributed by atoms with van der Waals surface area (Å²) in [6.45, 7) is 4.44. The van der Waals surface area contributed by atoms with E-state index in [-0.39, 0.29) is 24.8 Å². The summed E-state index contributed by atoms with van der Waals surface area (Å²) in [7, 11) is 0. The van der Waals surface area contributed by atoms with Crippen LogP contribution in [-0.2, 0) is 23.2 Å². The molecule has 0 saturated heterocycles. The molecule has 0 aliphatic heterocycles. The molecular formula is C36H26Cl2S2Zr. The largest absolute Gasteiger partial charge is 1.00 e. The molecule has 2 aromatic carbocycles. The van der Waals surface area contributed by atoms with E-state index in [1.54, 1.807) is 6.56 Å². The molecule has 0 bridgehead atoms. The molecule has 4 aliphatic rings. The van der Waals surface area contributed by atoms with E-state index in [9.17, 15) is 0 Å². The van der Waals surface area contributed by atoms with Gasteiger partial charge >= 0.3 is 251 Å². The van der Waals surface area contributed by atoms with E-state index < -0.39 is 23.2 Å². The van der Waals surface area contributed by atoms with Crippen LogP contribution in [-0.4, -0.2) is 0 Å². The van der Waals surface area contributed by atoms with Crippen LogP contribution in [0.15, 0.2) is 120 Å². The van der Waals surface area contributed by atoms with Gasteiger partial charge in [-0.05, 0) is 0 Å². The zero-order chi connectivity index (χ0) is 26.1. The minimum atomic E-state index is -1.22. The molecule has 4 aromatic rings. The molecule has 0 nitrogen and oxygen atoms in total. The number of benzene rings is 2. The van der Waals surface area contributed by atoms with Crippen molar-refractivity contribution in [2.45, 2.75) is 25.7 Å². The van der Waals surface area contributed by atoms with Crippen LogP contribution >= 0.6 is 22.7 Å². The maximum Gasteiger partial charge on any atom is -1.00 e. The van der Waals surface area contributed by atoms with Crippen molar-refractivity contribution in [3.05, 3.63) is 152 Å². The van der Waals surface area contributed by atoms with Gasteiger partial charge in [-0.15, -0.1) is 0 Å². The topological polar surface area (TPSA) is 0 Å². The Hall–Kier alpha value is -2.26. The van der Waals surface area contributed by atoms with E-state index in [0.717, 1.165) is 0 Å². The molecule has 5 heteroatoms. The van der Waals surface area contributed by atoms with Gasteiger partial charge in [-0.1, -0.05) is 0 Å². The van der Waals surface area contributed by atoms with Gasteiger partial charge in [0.15, 0.2) is 0 Å². The summed E-state index contributed by atoms with van der Waals surface area (Å²) in [6.07, 6.45) is 18.6. The first kappa shape index (κ1) is 28.8. The predicted molar refractivity (Wildman–Crippen MR) is 165 cm³/mol. The molecule has 2 aromatic heterocycles. The van der Waals surface area contributed by atoms with Crippen molar-refractivity contribution in [3.63, 3.8) is 0 Å². The van der Waals surface area contributed by atoms with Gasteiger partial charge < -0.3 is 24.8 Å². The monoisotopic (exact) mass is 682 g/mol. The number of allylic oxidation sites excluding steroid dienone is 10. The van der Waals surface area contributed by atoms with Crippen LogP contribution in [0.3, 0.4) is 0 Å². The molecule has 4 aliphatic carbocycles. The third-order valence-electron chi connectivity index (χ3n) is 8.25. The summed E-state index contributed by atoms with van der Waals surface area (Å²) in [5.41, 5.74) is 12.0. The van der Waals surface area contributed by atoms with Crippen LogP contribution in [0.2, 0.25) is 0 Å². The molecular weight excluding hydrogens is 659 g/mol. The number of fused-ring (bicyclic) bond motifs is 6. The van der Waals surface area contributed by atoms with Crippen LogP contribution in [0.5, 0.6) is 0 Å². The second-order valence-electron chi connectivity index (χ2n) is 10.6. The number of hydrogen-bond acceptors (Lipinski definition) is 2. The summed E-state index contributed by atoms with van der Waals surface area (Å²) in [5, 5.41) is 0. The van der Waals surface area contributed by atoms with Crippen molar-refractivity contribution in [1.82, 2.24) is 0 Å². The molecule has 2 atom stereocenters. The van der Waals surface area contributed by atoms with Gasteiger partial charge in [0.05, 0.1) is 0 Å². The second-order valence-corrected chi connectivity index (χ2v) is 16.2. The Morgan fingerprint density at radius 1 is 0.561 bits per heavy atom. The van der Waals surface area contributed by atoms with Gasteiger partial charge in [0.2, 0.25) is 0 Å².